The number of hydrogen-bond acceptors (Lipinski definition) is 4. The molecule has 0 heterocycles. The molecule has 1 atom stereocenters. The Hall–Kier alpha value is -1.73. The molecule has 0 aliphatic carbocycles. The third-order valence-corrected chi connectivity index (χ3v) is 2.36. The smallest absolute Gasteiger partial charge is 0.292 e. The average molecular weight is 269 g/mol. The van der Waals surface area contributed by atoms with Gasteiger partial charge in [-0.1, -0.05) is 12.1 Å². The van der Waals surface area contributed by atoms with Gasteiger partial charge in [-0.15, -0.1) is 0 Å². The van der Waals surface area contributed by atoms with Crippen molar-refractivity contribution in [2.45, 2.75) is 13.0 Å². The lowest BCUT2D eigenvalue weighted by molar-refractivity contribution is -0.383. The molecule has 18 heavy (non-hydrogen) atoms. The quantitative estimate of drug-likeness (QED) is 0.483. The first kappa shape index (κ1) is 14.3. The molecule has 0 aliphatic heterocycles. The van der Waals surface area contributed by atoms with Gasteiger partial charge >= 0.3 is 0 Å². The van der Waals surface area contributed by atoms with Crippen molar-refractivity contribution < 1.29 is 9.66 Å². The van der Waals surface area contributed by atoms with Crippen molar-refractivity contribution in [3.8, 4) is 0 Å². The summed E-state index contributed by atoms with van der Waals surface area (Å²) in [7, 11) is 1.59. The first-order chi connectivity index (χ1) is 8.54. The van der Waals surface area contributed by atoms with Gasteiger partial charge in [-0.25, -0.2) is 0 Å². The molecule has 0 saturated carbocycles. The summed E-state index contributed by atoms with van der Waals surface area (Å²) < 4.78 is 4.96. The lowest BCUT2D eigenvalue weighted by Crippen LogP contribution is -2.38. The van der Waals surface area contributed by atoms with Crippen LogP contribution in [0, 0.1) is 10.1 Å². The minimum Gasteiger partial charge on any atom is -0.383 e. The molecule has 0 aromatic heterocycles. The summed E-state index contributed by atoms with van der Waals surface area (Å²) in [6, 6.07) is 6.36. The van der Waals surface area contributed by atoms with Crippen molar-refractivity contribution in [3.63, 3.8) is 0 Å². The first-order valence-corrected chi connectivity index (χ1v) is 5.75. The molecule has 0 spiro atoms. The molecule has 1 aromatic rings. The van der Waals surface area contributed by atoms with E-state index < -0.39 is 4.92 Å². The van der Waals surface area contributed by atoms with Crippen molar-refractivity contribution >= 4 is 28.7 Å². The summed E-state index contributed by atoms with van der Waals surface area (Å²) in [6.45, 7) is 2.40. The van der Waals surface area contributed by atoms with E-state index >= 15 is 0 Å². The Labute approximate surface area is 110 Å². The van der Waals surface area contributed by atoms with Crippen molar-refractivity contribution in [2.24, 2.45) is 0 Å². The van der Waals surface area contributed by atoms with Crippen LogP contribution >= 0.6 is 12.2 Å². The van der Waals surface area contributed by atoms with Crippen LogP contribution in [0.25, 0.3) is 0 Å². The Morgan fingerprint density at radius 2 is 2.22 bits per heavy atom. The van der Waals surface area contributed by atoms with Gasteiger partial charge in [0.1, 0.15) is 5.69 Å². The Bertz CT molecular complexity index is 439. The Morgan fingerprint density at radius 1 is 1.56 bits per heavy atom. The van der Waals surface area contributed by atoms with Crippen LogP contribution in [-0.4, -0.2) is 29.8 Å². The van der Waals surface area contributed by atoms with E-state index in [0.29, 0.717) is 17.4 Å². The molecule has 0 amide bonds. The van der Waals surface area contributed by atoms with E-state index in [-0.39, 0.29) is 11.7 Å². The largest absolute Gasteiger partial charge is 0.383 e. The van der Waals surface area contributed by atoms with Crippen LogP contribution in [-0.2, 0) is 4.74 Å². The van der Waals surface area contributed by atoms with E-state index in [1.54, 1.807) is 25.3 Å². The number of nitrogens with one attached hydrogen (secondary N) is 2. The lowest BCUT2D eigenvalue weighted by Gasteiger charge is -2.16. The highest BCUT2D eigenvalue weighted by molar-refractivity contribution is 7.80. The van der Waals surface area contributed by atoms with Gasteiger partial charge in [0, 0.05) is 19.2 Å². The molecular weight excluding hydrogens is 254 g/mol. The third-order valence-electron chi connectivity index (χ3n) is 2.14. The van der Waals surface area contributed by atoms with Crippen LogP contribution in [0.1, 0.15) is 6.92 Å². The molecule has 2 N–H and O–H groups in total. The summed E-state index contributed by atoms with van der Waals surface area (Å²) in [6.07, 6.45) is 0. The van der Waals surface area contributed by atoms with Crippen molar-refractivity contribution in [1.82, 2.24) is 5.32 Å². The zero-order valence-corrected chi connectivity index (χ0v) is 11.0. The van der Waals surface area contributed by atoms with Gasteiger partial charge in [-0.3, -0.25) is 10.1 Å². The predicted molar refractivity (Wildman–Crippen MR) is 73.8 cm³/mol. The van der Waals surface area contributed by atoms with Crippen LogP contribution in [0.4, 0.5) is 11.4 Å². The van der Waals surface area contributed by atoms with Gasteiger partial charge in [0.15, 0.2) is 5.11 Å². The van der Waals surface area contributed by atoms with Crippen LogP contribution in [0.5, 0.6) is 0 Å². The molecule has 7 heteroatoms. The summed E-state index contributed by atoms with van der Waals surface area (Å²) >= 11 is 5.07. The Morgan fingerprint density at radius 3 is 2.83 bits per heavy atom. The number of nitrogens with zero attached hydrogens (tertiary/aromatic N) is 1. The maximum atomic E-state index is 10.8. The fraction of sp³-hybridized carbons (Fsp3) is 0.364. The van der Waals surface area contributed by atoms with E-state index in [0.717, 1.165) is 0 Å². The third kappa shape index (κ3) is 4.27. The molecule has 0 aliphatic rings. The maximum Gasteiger partial charge on any atom is 0.292 e. The molecular formula is C11H15N3O3S. The van der Waals surface area contributed by atoms with Gasteiger partial charge in [0.05, 0.1) is 11.5 Å². The van der Waals surface area contributed by atoms with Gasteiger partial charge in [0.2, 0.25) is 0 Å². The average Bonchev–Trinajstić information content (AvgIpc) is 2.29. The molecule has 0 unspecified atom stereocenters. The highest BCUT2D eigenvalue weighted by atomic mass is 32.1. The topological polar surface area (TPSA) is 76.4 Å². The number of thiocarbonyl (C=S) groups is 1. The molecule has 6 nitrogen and oxygen atoms in total. The number of rotatable bonds is 5. The number of nitro groups is 1. The molecule has 98 valence electrons. The number of anilines is 1. The summed E-state index contributed by atoms with van der Waals surface area (Å²) in [5, 5.41) is 16.9. The summed E-state index contributed by atoms with van der Waals surface area (Å²) in [4.78, 5) is 10.4. The monoisotopic (exact) mass is 269 g/mol. The minimum atomic E-state index is -0.455. The van der Waals surface area contributed by atoms with Gasteiger partial charge < -0.3 is 15.4 Å². The van der Waals surface area contributed by atoms with E-state index in [1.165, 1.54) is 6.07 Å². The maximum absolute atomic E-state index is 10.8. The minimum absolute atomic E-state index is 0.0129. The fourth-order valence-corrected chi connectivity index (χ4v) is 1.72. The second-order valence-electron chi connectivity index (χ2n) is 3.73. The van der Waals surface area contributed by atoms with E-state index in [4.69, 9.17) is 17.0 Å². The van der Waals surface area contributed by atoms with Crippen molar-refractivity contribution in [2.75, 3.05) is 19.0 Å². The fourth-order valence-electron chi connectivity index (χ4n) is 1.41. The van der Waals surface area contributed by atoms with E-state index in [2.05, 4.69) is 10.6 Å². The SMILES string of the molecule is COC[C@H](C)NC(=S)Nc1ccccc1[N+](=O)[O-]. The number of hydrogen-bond donors (Lipinski definition) is 2. The Balaban J connectivity index is 2.67. The Kier molecular flexibility index (Phi) is 5.47. The van der Waals surface area contributed by atoms with Crippen molar-refractivity contribution in [3.05, 3.63) is 34.4 Å². The molecule has 0 radical (unpaired) electrons. The summed E-state index contributed by atoms with van der Waals surface area (Å²) in [5.41, 5.74) is 0.352. The van der Waals surface area contributed by atoms with Gasteiger partial charge in [0.25, 0.3) is 5.69 Å². The number of para-hydroxylation sites is 2. The normalized spacial score (nSPS) is 11.7. The molecule has 0 bridgehead atoms. The van der Waals surface area contributed by atoms with Crippen LogP contribution in [0.3, 0.4) is 0 Å². The second-order valence-corrected chi connectivity index (χ2v) is 4.14. The van der Waals surface area contributed by atoms with Gasteiger partial charge in [-0.2, -0.15) is 0 Å². The number of methoxy groups -OCH3 is 1. The molecule has 1 rings (SSSR count). The predicted octanol–water partition coefficient (Wildman–Crippen LogP) is 1.92. The van der Waals surface area contributed by atoms with E-state index in [1.807, 2.05) is 6.92 Å². The van der Waals surface area contributed by atoms with Crippen molar-refractivity contribution in [1.29, 1.82) is 0 Å². The highest BCUT2D eigenvalue weighted by Gasteiger charge is 2.13. The second kappa shape index (κ2) is 6.87. The summed E-state index contributed by atoms with van der Waals surface area (Å²) in [5.74, 6) is 0. The number of benzene rings is 1. The number of ether oxygens (including phenoxy) is 1. The zero-order chi connectivity index (χ0) is 13.5. The first-order valence-electron chi connectivity index (χ1n) is 5.34. The zero-order valence-electron chi connectivity index (χ0n) is 10.2. The van der Waals surface area contributed by atoms with Crippen LogP contribution < -0.4 is 10.6 Å². The molecule has 0 fully saturated rings. The standard InChI is InChI=1S/C11H15N3O3S/c1-8(7-17-2)12-11(18)13-9-5-3-4-6-10(9)14(15)16/h3-6,8H,7H2,1-2H3,(H2,12,13,18)/t8-/m0/s1. The van der Waals surface area contributed by atoms with Crippen LogP contribution in [0.2, 0.25) is 0 Å². The molecule has 1 aromatic carbocycles. The van der Waals surface area contributed by atoms with Gasteiger partial charge in [-0.05, 0) is 25.2 Å². The van der Waals surface area contributed by atoms with Crippen LogP contribution in [0.15, 0.2) is 24.3 Å². The lowest BCUT2D eigenvalue weighted by atomic mass is 10.3. The number of nitro benzene ring substituents is 1. The van der Waals surface area contributed by atoms with E-state index in [9.17, 15) is 10.1 Å². The highest BCUT2D eigenvalue weighted by Crippen LogP contribution is 2.22. The molecule has 0 saturated heterocycles.